The summed E-state index contributed by atoms with van der Waals surface area (Å²) >= 11 is 0. The molecule has 2 aromatic carbocycles. The van der Waals surface area contributed by atoms with E-state index in [1.807, 2.05) is 0 Å². The van der Waals surface area contributed by atoms with E-state index < -0.39 is 11.6 Å². The summed E-state index contributed by atoms with van der Waals surface area (Å²) in [7, 11) is 0. The summed E-state index contributed by atoms with van der Waals surface area (Å²) in [5.74, 6) is -1.22. The van der Waals surface area contributed by atoms with E-state index in [4.69, 9.17) is 0 Å². The Labute approximate surface area is 149 Å². The molecular weight excluding hydrogens is 339 g/mol. The number of halogens is 3. The molecule has 0 saturated heterocycles. The van der Waals surface area contributed by atoms with Gasteiger partial charge < -0.3 is 5.32 Å². The van der Waals surface area contributed by atoms with Gasteiger partial charge in [-0.15, -0.1) is 0 Å². The van der Waals surface area contributed by atoms with Crippen LogP contribution in [0.25, 0.3) is 5.69 Å². The third-order valence-corrected chi connectivity index (χ3v) is 4.81. The van der Waals surface area contributed by atoms with Gasteiger partial charge in [0.05, 0.1) is 6.20 Å². The van der Waals surface area contributed by atoms with Gasteiger partial charge in [-0.05, 0) is 49.6 Å². The van der Waals surface area contributed by atoms with Crippen molar-refractivity contribution < 1.29 is 13.2 Å². The van der Waals surface area contributed by atoms with E-state index >= 15 is 0 Å². The highest BCUT2D eigenvalue weighted by Crippen LogP contribution is 2.31. The van der Waals surface area contributed by atoms with Crippen LogP contribution >= 0.6 is 0 Å². The van der Waals surface area contributed by atoms with Gasteiger partial charge in [-0.3, -0.25) is 0 Å². The molecule has 0 radical (unpaired) electrons. The van der Waals surface area contributed by atoms with E-state index in [0.717, 1.165) is 42.7 Å². The summed E-state index contributed by atoms with van der Waals surface area (Å²) in [6.07, 6.45) is 4.32. The van der Waals surface area contributed by atoms with Crippen molar-refractivity contribution in [1.82, 2.24) is 15.1 Å². The largest absolute Gasteiger partial charge is 0.306 e. The van der Waals surface area contributed by atoms with Gasteiger partial charge in [-0.1, -0.05) is 12.1 Å². The highest BCUT2D eigenvalue weighted by Gasteiger charge is 2.25. The molecule has 0 saturated carbocycles. The molecule has 0 fully saturated rings. The molecule has 0 bridgehead atoms. The molecule has 1 aromatic heterocycles. The summed E-state index contributed by atoms with van der Waals surface area (Å²) < 4.78 is 42.9. The van der Waals surface area contributed by atoms with Crippen molar-refractivity contribution >= 4 is 0 Å². The third-order valence-electron chi connectivity index (χ3n) is 4.81. The maximum atomic E-state index is 14.1. The second kappa shape index (κ2) is 6.96. The Morgan fingerprint density at radius 3 is 2.77 bits per heavy atom. The smallest absolute Gasteiger partial charge is 0.148 e. The van der Waals surface area contributed by atoms with Crippen molar-refractivity contribution in [2.75, 3.05) is 0 Å². The molecule has 6 heteroatoms. The van der Waals surface area contributed by atoms with Crippen LogP contribution < -0.4 is 5.32 Å². The minimum Gasteiger partial charge on any atom is -0.306 e. The average Bonchev–Trinajstić information content (AvgIpc) is 3.07. The highest BCUT2D eigenvalue weighted by molar-refractivity contribution is 5.38. The van der Waals surface area contributed by atoms with Crippen LogP contribution in [0.5, 0.6) is 0 Å². The first kappa shape index (κ1) is 16.8. The lowest BCUT2D eigenvalue weighted by Gasteiger charge is -2.24. The Hall–Kier alpha value is -2.60. The van der Waals surface area contributed by atoms with Gasteiger partial charge in [0.15, 0.2) is 0 Å². The van der Waals surface area contributed by atoms with Crippen LogP contribution in [-0.2, 0) is 13.0 Å². The van der Waals surface area contributed by atoms with Gasteiger partial charge in [-0.2, -0.15) is 5.10 Å². The quantitative estimate of drug-likeness (QED) is 0.747. The standard InChI is InChI=1S/C20H18F3N3/c21-14-8-9-16(22)13(10-14)11-24-18-5-3-7-19-15(18)12-25-26(19)20-6-2-1-4-17(20)23/h1-2,4,6,8-10,12,18,24H,3,5,7,11H2. The van der Waals surface area contributed by atoms with Crippen LogP contribution in [0, 0.1) is 17.5 Å². The lowest BCUT2D eigenvalue weighted by molar-refractivity contribution is 0.447. The molecule has 1 N–H and O–H groups in total. The Kier molecular flexibility index (Phi) is 4.51. The van der Waals surface area contributed by atoms with Crippen LogP contribution in [0.1, 0.15) is 35.7 Å². The number of nitrogens with zero attached hydrogens (tertiary/aromatic N) is 2. The third kappa shape index (κ3) is 3.12. The zero-order chi connectivity index (χ0) is 18.1. The molecule has 134 valence electrons. The van der Waals surface area contributed by atoms with E-state index in [2.05, 4.69) is 10.4 Å². The zero-order valence-electron chi connectivity index (χ0n) is 14.1. The highest BCUT2D eigenvalue weighted by atomic mass is 19.1. The molecule has 3 nitrogen and oxygen atoms in total. The summed E-state index contributed by atoms with van der Waals surface area (Å²) in [6.45, 7) is 0.221. The molecule has 0 spiro atoms. The van der Waals surface area contributed by atoms with Gasteiger partial charge in [0.1, 0.15) is 23.1 Å². The molecule has 1 heterocycles. The molecule has 3 aromatic rings. The first-order valence-corrected chi connectivity index (χ1v) is 8.62. The van der Waals surface area contributed by atoms with Gasteiger partial charge in [0.25, 0.3) is 0 Å². The van der Waals surface area contributed by atoms with Crippen LogP contribution in [-0.4, -0.2) is 9.78 Å². The van der Waals surface area contributed by atoms with Crippen molar-refractivity contribution in [2.24, 2.45) is 0 Å². The fraction of sp³-hybridized carbons (Fsp3) is 0.250. The monoisotopic (exact) mass is 357 g/mol. The van der Waals surface area contributed by atoms with E-state index in [1.165, 1.54) is 12.1 Å². The predicted molar refractivity (Wildman–Crippen MR) is 92.4 cm³/mol. The number of hydrogen-bond donors (Lipinski definition) is 1. The van der Waals surface area contributed by atoms with Gasteiger partial charge in [0, 0.05) is 29.4 Å². The van der Waals surface area contributed by atoms with Crippen molar-refractivity contribution in [1.29, 1.82) is 0 Å². The number of rotatable bonds is 4. The van der Waals surface area contributed by atoms with E-state index in [-0.39, 0.29) is 18.4 Å². The number of benzene rings is 2. The summed E-state index contributed by atoms with van der Waals surface area (Å²) in [5, 5.41) is 7.66. The average molecular weight is 357 g/mol. The van der Waals surface area contributed by atoms with Crippen molar-refractivity contribution in [3.63, 3.8) is 0 Å². The summed E-state index contributed by atoms with van der Waals surface area (Å²) in [5.41, 5.74) is 2.65. The molecule has 26 heavy (non-hydrogen) atoms. The van der Waals surface area contributed by atoms with E-state index in [1.54, 1.807) is 29.1 Å². The SMILES string of the molecule is Fc1ccc(F)c(CNC2CCCc3c2cnn3-c2ccccc2F)c1. The summed E-state index contributed by atoms with van der Waals surface area (Å²) in [6, 6.07) is 9.95. The topological polar surface area (TPSA) is 29.9 Å². The molecule has 1 unspecified atom stereocenters. The van der Waals surface area contributed by atoms with Crippen LogP contribution in [0.4, 0.5) is 13.2 Å². The predicted octanol–water partition coefficient (Wildman–Crippen LogP) is 4.46. The Morgan fingerprint density at radius 2 is 1.92 bits per heavy atom. The lowest BCUT2D eigenvalue weighted by Crippen LogP contribution is -2.25. The Morgan fingerprint density at radius 1 is 1.08 bits per heavy atom. The molecule has 4 rings (SSSR count). The number of para-hydroxylation sites is 1. The van der Waals surface area contributed by atoms with E-state index in [0.29, 0.717) is 11.3 Å². The number of fused-ring (bicyclic) bond motifs is 1. The first-order chi connectivity index (χ1) is 12.6. The van der Waals surface area contributed by atoms with Gasteiger partial charge >= 0.3 is 0 Å². The normalized spacial score (nSPS) is 16.5. The molecule has 0 amide bonds. The fourth-order valence-corrected chi connectivity index (χ4v) is 3.51. The van der Waals surface area contributed by atoms with Gasteiger partial charge in [-0.25, -0.2) is 17.9 Å². The molecule has 0 aliphatic heterocycles. The molecule has 1 aliphatic carbocycles. The Bertz CT molecular complexity index is 936. The first-order valence-electron chi connectivity index (χ1n) is 8.62. The maximum Gasteiger partial charge on any atom is 0.148 e. The molecule has 1 atom stereocenters. The van der Waals surface area contributed by atoms with Crippen molar-refractivity contribution in [3.05, 3.63) is 82.9 Å². The number of nitrogens with one attached hydrogen (secondary N) is 1. The minimum atomic E-state index is -0.458. The zero-order valence-corrected chi connectivity index (χ0v) is 14.1. The maximum absolute atomic E-state index is 14.1. The van der Waals surface area contributed by atoms with Crippen LogP contribution in [0.3, 0.4) is 0 Å². The molecular formula is C20H18F3N3. The van der Waals surface area contributed by atoms with Crippen molar-refractivity contribution in [3.8, 4) is 5.69 Å². The number of hydrogen-bond acceptors (Lipinski definition) is 2. The van der Waals surface area contributed by atoms with Crippen LogP contribution in [0.2, 0.25) is 0 Å². The van der Waals surface area contributed by atoms with Crippen molar-refractivity contribution in [2.45, 2.75) is 31.8 Å². The molecule has 1 aliphatic rings. The second-order valence-electron chi connectivity index (χ2n) is 6.47. The number of aromatic nitrogens is 2. The minimum absolute atomic E-state index is 0.0260. The Balaban J connectivity index is 1.59. The second-order valence-corrected chi connectivity index (χ2v) is 6.47. The fourth-order valence-electron chi connectivity index (χ4n) is 3.51. The lowest BCUT2D eigenvalue weighted by atomic mass is 9.92. The summed E-state index contributed by atoms with van der Waals surface area (Å²) in [4.78, 5) is 0. The van der Waals surface area contributed by atoms with Crippen LogP contribution in [0.15, 0.2) is 48.7 Å². The van der Waals surface area contributed by atoms with E-state index in [9.17, 15) is 13.2 Å². The van der Waals surface area contributed by atoms with Gasteiger partial charge in [0.2, 0.25) is 0 Å².